The van der Waals surface area contributed by atoms with Crippen molar-refractivity contribution >= 4 is 5.97 Å². The van der Waals surface area contributed by atoms with Crippen molar-refractivity contribution < 1.29 is 19.4 Å². The molecule has 5 heteroatoms. The first-order valence-corrected chi connectivity index (χ1v) is 6.84. The number of carboxylic acid groups (broad SMARTS) is 1. The number of carbonyl (C=O) groups is 1. The molecule has 1 saturated carbocycles. The summed E-state index contributed by atoms with van der Waals surface area (Å²) in [6, 6.07) is 5.80. The van der Waals surface area contributed by atoms with E-state index in [4.69, 9.17) is 20.3 Å². The summed E-state index contributed by atoms with van der Waals surface area (Å²) in [7, 11) is 1.60. The number of aryl methyl sites for hydroxylation is 1. The molecule has 0 aromatic heterocycles. The maximum absolute atomic E-state index is 11.1. The van der Waals surface area contributed by atoms with Gasteiger partial charge in [-0.3, -0.25) is 4.79 Å². The Morgan fingerprint density at radius 3 is 2.80 bits per heavy atom. The van der Waals surface area contributed by atoms with Crippen molar-refractivity contribution in [1.29, 1.82) is 0 Å². The van der Waals surface area contributed by atoms with Gasteiger partial charge in [-0.1, -0.05) is 13.0 Å². The summed E-state index contributed by atoms with van der Waals surface area (Å²) in [5.74, 6) is 0.357. The fourth-order valence-electron chi connectivity index (χ4n) is 2.53. The van der Waals surface area contributed by atoms with Crippen LogP contribution >= 0.6 is 0 Å². The molecule has 0 saturated heterocycles. The van der Waals surface area contributed by atoms with Gasteiger partial charge in [-0.25, -0.2) is 0 Å². The predicted octanol–water partition coefficient (Wildman–Crippen LogP) is 1.97. The fraction of sp³-hybridized carbons (Fsp3) is 0.533. The molecule has 20 heavy (non-hydrogen) atoms. The SMILES string of the molecule is CCc1ccc(OC2CCC(N)(C(=O)O)C2)c(OC)c1. The van der Waals surface area contributed by atoms with E-state index in [0.29, 0.717) is 30.8 Å². The topological polar surface area (TPSA) is 81.8 Å². The van der Waals surface area contributed by atoms with Gasteiger partial charge in [0, 0.05) is 6.42 Å². The smallest absolute Gasteiger partial charge is 0.323 e. The van der Waals surface area contributed by atoms with E-state index in [-0.39, 0.29) is 6.10 Å². The van der Waals surface area contributed by atoms with Crippen molar-refractivity contribution in [3.63, 3.8) is 0 Å². The van der Waals surface area contributed by atoms with Crippen molar-refractivity contribution in [2.75, 3.05) is 7.11 Å². The third-order valence-electron chi connectivity index (χ3n) is 3.86. The summed E-state index contributed by atoms with van der Waals surface area (Å²) < 4.78 is 11.2. The molecule has 1 aliphatic rings. The first-order valence-electron chi connectivity index (χ1n) is 6.84. The molecule has 0 amide bonds. The molecule has 1 fully saturated rings. The van der Waals surface area contributed by atoms with Crippen LogP contribution in [0.15, 0.2) is 18.2 Å². The molecule has 2 rings (SSSR count). The summed E-state index contributed by atoms with van der Waals surface area (Å²) >= 11 is 0. The Morgan fingerprint density at radius 2 is 2.25 bits per heavy atom. The molecule has 0 spiro atoms. The minimum atomic E-state index is -1.17. The largest absolute Gasteiger partial charge is 0.493 e. The van der Waals surface area contributed by atoms with Crippen LogP contribution in [0.1, 0.15) is 31.7 Å². The molecule has 2 unspecified atom stereocenters. The Hall–Kier alpha value is -1.75. The minimum absolute atomic E-state index is 0.183. The van der Waals surface area contributed by atoms with Gasteiger partial charge < -0.3 is 20.3 Å². The van der Waals surface area contributed by atoms with E-state index in [9.17, 15) is 4.79 Å². The van der Waals surface area contributed by atoms with Gasteiger partial charge in [0.15, 0.2) is 11.5 Å². The Kier molecular flexibility index (Phi) is 4.18. The second kappa shape index (κ2) is 5.71. The quantitative estimate of drug-likeness (QED) is 0.861. The molecule has 0 bridgehead atoms. The van der Waals surface area contributed by atoms with E-state index in [1.54, 1.807) is 7.11 Å². The maximum atomic E-state index is 11.1. The van der Waals surface area contributed by atoms with Crippen LogP contribution in [0.2, 0.25) is 0 Å². The summed E-state index contributed by atoms with van der Waals surface area (Å²) in [5, 5.41) is 9.12. The van der Waals surface area contributed by atoms with Crippen molar-refractivity contribution in [2.24, 2.45) is 5.73 Å². The number of hydrogen-bond donors (Lipinski definition) is 2. The summed E-state index contributed by atoms with van der Waals surface area (Å²) in [6.45, 7) is 2.07. The van der Waals surface area contributed by atoms with Crippen LogP contribution in [0.3, 0.4) is 0 Å². The van der Waals surface area contributed by atoms with Crippen molar-refractivity contribution in [3.05, 3.63) is 23.8 Å². The molecule has 0 heterocycles. The molecule has 1 aliphatic carbocycles. The molecule has 3 N–H and O–H groups in total. The number of rotatable bonds is 5. The third kappa shape index (κ3) is 2.88. The summed E-state index contributed by atoms with van der Waals surface area (Å²) in [6.07, 6.45) is 2.13. The lowest BCUT2D eigenvalue weighted by atomic mass is 10.00. The zero-order valence-corrected chi connectivity index (χ0v) is 11.9. The number of carboxylic acids is 1. The van der Waals surface area contributed by atoms with Crippen LogP contribution in [-0.4, -0.2) is 29.8 Å². The second-order valence-electron chi connectivity index (χ2n) is 5.28. The Balaban J connectivity index is 2.10. The van der Waals surface area contributed by atoms with Crippen LogP contribution < -0.4 is 15.2 Å². The Labute approximate surface area is 118 Å². The van der Waals surface area contributed by atoms with Crippen LogP contribution in [0.25, 0.3) is 0 Å². The number of aliphatic carboxylic acids is 1. The van der Waals surface area contributed by atoms with Crippen molar-refractivity contribution in [2.45, 2.75) is 44.2 Å². The molecule has 2 atom stereocenters. The fourth-order valence-corrected chi connectivity index (χ4v) is 2.53. The Morgan fingerprint density at radius 1 is 1.50 bits per heavy atom. The highest BCUT2D eigenvalue weighted by Crippen LogP contribution is 2.35. The van der Waals surface area contributed by atoms with E-state index in [0.717, 1.165) is 6.42 Å². The monoisotopic (exact) mass is 279 g/mol. The van der Waals surface area contributed by atoms with E-state index in [1.165, 1.54) is 5.56 Å². The van der Waals surface area contributed by atoms with Crippen LogP contribution in [-0.2, 0) is 11.2 Å². The van der Waals surface area contributed by atoms with Gasteiger partial charge in [0.1, 0.15) is 11.6 Å². The standard InChI is InChI=1S/C15H21NO4/c1-3-10-4-5-12(13(8-10)19-2)20-11-6-7-15(16,9-11)14(17)18/h4-5,8,11H,3,6-7,9,16H2,1-2H3,(H,17,18). The lowest BCUT2D eigenvalue weighted by Crippen LogP contribution is -2.46. The third-order valence-corrected chi connectivity index (χ3v) is 3.86. The van der Waals surface area contributed by atoms with Gasteiger partial charge in [0.05, 0.1) is 7.11 Å². The van der Waals surface area contributed by atoms with E-state index >= 15 is 0 Å². The highest BCUT2D eigenvalue weighted by Gasteiger charge is 2.43. The highest BCUT2D eigenvalue weighted by molar-refractivity contribution is 5.79. The number of nitrogens with two attached hydrogens (primary N) is 1. The van der Waals surface area contributed by atoms with E-state index < -0.39 is 11.5 Å². The van der Waals surface area contributed by atoms with Gasteiger partial charge in [0.2, 0.25) is 0 Å². The molecular weight excluding hydrogens is 258 g/mol. The molecule has 1 aromatic carbocycles. The summed E-state index contributed by atoms with van der Waals surface area (Å²) in [4.78, 5) is 11.1. The molecule has 0 radical (unpaired) electrons. The lowest BCUT2D eigenvalue weighted by molar-refractivity contribution is -0.143. The first-order chi connectivity index (χ1) is 9.48. The van der Waals surface area contributed by atoms with Gasteiger partial charge in [-0.2, -0.15) is 0 Å². The zero-order chi connectivity index (χ0) is 14.8. The van der Waals surface area contributed by atoms with Crippen molar-refractivity contribution in [3.8, 4) is 11.5 Å². The Bertz CT molecular complexity index is 503. The van der Waals surface area contributed by atoms with Gasteiger partial charge in [-0.05, 0) is 37.0 Å². The number of hydrogen-bond acceptors (Lipinski definition) is 4. The van der Waals surface area contributed by atoms with Crippen LogP contribution in [0.5, 0.6) is 11.5 Å². The lowest BCUT2D eigenvalue weighted by Gasteiger charge is -2.20. The van der Waals surface area contributed by atoms with Crippen LogP contribution in [0, 0.1) is 0 Å². The van der Waals surface area contributed by atoms with Gasteiger partial charge >= 0.3 is 5.97 Å². The molecular formula is C15H21NO4. The van der Waals surface area contributed by atoms with E-state index in [2.05, 4.69) is 6.92 Å². The van der Waals surface area contributed by atoms with Crippen LogP contribution in [0.4, 0.5) is 0 Å². The second-order valence-corrected chi connectivity index (χ2v) is 5.28. The van der Waals surface area contributed by atoms with E-state index in [1.807, 2.05) is 18.2 Å². The highest BCUT2D eigenvalue weighted by atomic mass is 16.5. The average Bonchev–Trinajstić information content (AvgIpc) is 2.82. The summed E-state index contributed by atoms with van der Waals surface area (Å²) in [5.41, 5.74) is 5.85. The first kappa shape index (κ1) is 14.7. The normalized spacial score (nSPS) is 25.4. The molecule has 1 aromatic rings. The number of methoxy groups -OCH3 is 1. The number of benzene rings is 1. The number of ether oxygens (including phenoxy) is 2. The molecule has 0 aliphatic heterocycles. The maximum Gasteiger partial charge on any atom is 0.323 e. The molecule has 5 nitrogen and oxygen atoms in total. The average molecular weight is 279 g/mol. The predicted molar refractivity (Wildman–Crippen MR) is 75.2 cm³/mol. The molecule has 110 valence electrons. The van der Waals surface area contributed by atoms with Gasteiger partial charge in [0.25, 0.3) is 0 Å². The zero-order valence-electron chi connectivity index (χ0n) is 11.9. The van der Waals surface area contributed by atoms with Crippen molar-refractivity contribution in [1.82, 2.24) is 0 Å². The van der Waals surface area contributed by atoms with Gasteiger partial charge in [-0.15, -0.1) is 0 Å². The minimum Gasteiger partial charge on any atom is -0.493 e.